The Hall–Kier alpha value is -0.870. The highest BCUT2D eigenvalue weighted by atomic mass is 35.5. The van der Waals surface area contributed by atoms with Gasteiger partial charge in [-0.15, -0.1) is 0 Å². The van der Waals surface area contributed by atoms with E-state index in [0.29, 0.717) is 0 Å². The van der Waals surface area contributed by atoms with Crippen molar-refractivity contribution in [1.29, 1.82) is 0 Å². The van der Waals surface area contributed by atoms with Crippen LogP contribution in [0.1, 0.15) is 10.4 Å². The average Bonchev–Trinajstić information content (AvgIpc) is 2.20. The fourth-order valence-corrected chi connectivity index (χ4v) is 1.23. The van der Waals surface area contributed by atoms with Crippen molar-refractivity contribution in [3.8, 4) is 5.75 Å². The van der Waals surface area contributed by atoms with Crippen LogP contribution in [0.2, 0.25) is 0 Å². The minimum absolute atomic E-state index is 0.138. The fraction of sp³-hybridized carbons (Fsp3) is 0.222. The predicted molar refractivity (Wildman–Crippen MR) is 52.7 cm³/mol. The van der Waals surface area contributed by atoms with E-state index in [1.807, 2.05) is 0 Å². The molecular weight excluding hydrogens is 249 g/mol. The molecule has 0 aromatic heterocycles. The van der Waals surface area contributed by atoms with Crippen LogP contribution in [-0.4, -0.2) is 17.7 Å². The van der Waals surface area contributed by atoms with Gasteiger partial charge in [0, 0.05) is 5.56 Å². The first kappa shape index (κ1) is 12.2. The Bertz CT molecular complexity index is 394. The lowest BCUT2D eigenvalue weighted by Crippen LogP contribution is -2.09. The summed E-state index contributed by atoms with van der Waals surface area (Å²) in [6.45, 7) is 0. The zero-order valence-corrected chi connectivity index (χ0v) is 9.07. The number of carbonyl (C=O) groups is 1. The van der Waals surface area contributed by atoms with Crippen molar-refractivity contribution < 1.29 is 18.3 Å². The van der Waals surface area contributed by atoms with Crippen molar-refractivity contribution in [2.45, 2.75) is 4.84 Å². The number of halogens is 4. The van der Waals surface area contributed by atoms with E-state index >= 15 is 0 Å². The van der Waals surface area contributed by atoms with Gasteiger partial charge in [0.05, 0.1) is 7.11 Å². The summed E-state index contributed by atoms with van der Waals surface area (Å²) in [6, 6.07) is 1.76. The maximum absolute atomic E-state index is 13.0. The Kier molecular flexibility index (Phi) is 3.88. The first-order chi connectivity index (χ1) is 6.97. The molecule has 0 unspecified atom stereocenters. The SMILES string of the molecule is COc1cc(C(=O)C(Cl)Cl)cc(F)c1F. The lowest BCUT2D eigenvalue weighted by molar-refractivity contribution is 0.101. The van der Waals surface area contributed by atoms with E-state index in [1.54, 1.807) is 0 Å². The molecule has 1 rings (SSSR count). The second-order valence-electron chi connectivity index (χ2n) is 2.64. The summed E-state index contributed by atoms with van der Waals surface area (Å²) in [5.41, 5.74) is -0.138. The van der Waals surface area contributed by atoms with Crippen molar-refractivity contribution in [1.82, 2.24) is 0 Å². The molecule has 0 aliphatic rings. The van der Waals surface area contributed by atoms with Crippen LogP contribution in [0.15, 0.2) is 12.1 Å². The van der Waals surface area contributed by atoms with Gasteiger partial charge >= 0.3 is 0 Å². The molecule has 0 amide bonds. The van der Waals surface area contributed by atoms with Crippen LogP contribution in [0.25, 0.3) is 0 Å². The molecule has 1 aromatic carbocycles. The maximum Gasteiger partial charge on any atom is 0.200 e. The average molecular weight is 255 g/mol. The number of carbonyl (C=O) groups excluding carboxylic acids is 1. The summed E-state index contributed by atoms with van der Waals surface area (Å²) < 4.78 is 30.5. The number of methoxy groups -OCH3 is 1. The monoisotopic (exact) mass is 254 g/mol. The van der Waals surface area contributed by atoms with Gasteiger partial charge in [0.1, 0.15) is 0 Å². The van der Waals surface area contributed by atoms with Crippen LogP contribution in [0, 0.1) is 11.6 Å². The van der Waals surface area contributed by atoms with Crippen LogP contribution < -0.4 is 4.74 Å². The molecule has 1 aromatic rings. The molecule has 6 heteroatoms. The van der Waals surface area contributed by atoms with Crippen LogP contribution >= 0.6 is 23.2 Å². The molecule has 82 valence electrons. The third-order valence-corrected chi connectivity index (χ3v) is 2.09. The van der Waals surface area contributed by atoms with Crippen LogP contribution in [0.3, 0.4) is 0 Å². The second-order valence-corrected chi connectivity index (χ2v) is 3.74. The topological polar surface area (TPSA) is 26.3 Å². The Morgan fingerprint density at radius 1 is 1.40 bits per heavy atom. The lowest BCUT2D eigenvalue weighted by atomic mass is 10.1. The van der Waals surface area contributed by atoms with E-state index in [-0.39, 0.29) is 11.3 Å². The first-order valence-corrected chi connectivity index (χ1v) is 4.70. The van der Waals surface area contributed by atoms with Crippen molar-refractivity contribution in [2.75, 3.05) is 7.11 Å². The van der Waals surface area contributed by atoms with Gasteiger partial charge in [-0.2, -0.15) is 4.39 Å². The van der Waals surface area contributed by atoms with Gasteiger partial charge < -0.3 is 4.74 Å². The molecule has 0 heterocycles. The summed E-state index contributed by atoms with van der Waals surface area (Å²) in [7, 11) is 1.16. The molecule has 15 heavy (non-hydrogen) atoms. The number of ether oxygens (including phenoxy) is 1. The molecule has 0 N–H and O–H groups in total. The molecule has 0 aliphatic heterocycles. The molecule has 0 atom stereocenters. The van der Waals surface area contributed by atoms with Gasteiger partial charge in [-0.05, 0) is 12.1 Å². The summed E-state index contributed by atoms with van der Waals surface area (Å²) >= 11 is 10.6. The summed E-state index contributed by atoms with van der Waals surface area (Å²) in [5, 5.41) is 0. The number of hydrogen-bond donors (Lipinski definition) is 0. The minimum Gasteiger partial charge on any atom is -0.494 e. The standard InChI is InChI=1S/C9H6Cl2F2O2/c1-15-6-3-4(8(14)9(10)11)2-5(12)7(6)13/h2-3,9H,1H3. The van der Waals surface area contributed by atoms with Crippen molar-refractivity contribution in [3.05, 3.63) is 29.3 Å². The lowest BCUT2D eigenvalue weighted by Gasteiger charge is -2.06. The van der Waals surface area contributed by atoms with Gasteiger partial charge in [-0.25, -0.2) is 4.39 Å². The third kappa shape index (κ3) is 2.58. The Morgan fingerprint density at radius 2 is 2.00 bits per heavy atom. The molecule has 0 fully saturated rings. The van der Waals surface area contributed by atoms with E-state index in [2.05, 4.69) is 4.74 Å². The van der Waals surface area contributed by atoms with Gasteiger partial charge in [-0.3, -0.25) is 4.79 Å². The van der Waals surface area contributed by atoms with E-state index in [1.165, 1.54) is 0 Å². The molecule has 2 nitrogen and oxygen atoms in total. The Morgan fingerprint density at radius 3 is 2.47 bits per heavy atom. The highest BCUT2D eigenvalue weighted by molar-refractivity contribution is 6.55. The van der Waals surface area contributed by atoms with E-state index in [0.717, 1.165) is 19.2 Å². The van der Waals surface area contributed by atoms with Crippen molar-refractivity contribution >= 4 is 29.0 Å². The van der Waals surface area contributed by atoms with Crippen molar-refractivity contribution in [3.63, 3.8) is 0 Å². The number of benzene rings is 1. The van der Waals surface area contributed by atoms with Gasteiger partial charge in [0.25, 0.3) is 0 Å². The maximum atomic E-state index is 13.0. The molecule has 0 bridgehead atoms. The van der Waals surface area contributed by atoms with E-state index < -0.39 is 22.3 Å². The van der Waals surface area contributed by atoms with Gasteiger partial charge in [0.2, 0.25) is 5.82 Å². The van der Waals surface area contributed by atoms with Crippen LogP contribution in [0.4, 0.5) is 8.78 Å². The van der Waals surface area contributed by atoms with E-state index in [9.17, 15) is 13.6 Å². The molecule has 0 saturated carbocycles. The number of hydrogen-bond acceptors (Lipinski definition) is 2. The molecule has 0 spiro atoms. The zero-order valence-electron chi connectivity index (χ0n) is 7.56. The normalized spacial score (nSPS) is 10.5. The minimum atomic E-state index is -1.32. The predicted octanol–water partition coefficient (Wildman–Crippen LogP) is 2.96. The second kappa shape index (κ2) is 4.77. The quantitative estimate of drug-likeness (QED) is 0.613. The van der Waals surface area contributed by atoms with Crippen LogP contribution in [0.5, 0.6) is 5.75 Å². The Balaban J connectivity index is 3.22. The molecule has 0 radical (unpaired) electrons. The van der Waals surface area contributed by atoms with Crippen LogP contribution in [-0.2, 0) is 0 Å². The fourth-order valence-electron chi connectivity index (χ4n) is 0.981. The first-order valence-electron chi connectivity index (χ1n) is 3.82. The van der Waals surface area contributed by atoms with E-state index in [4.69, 9.17) is 23.2 Å². The summed E-state index contributed by atoms with van der Waals surface area (Å²) in [4.78, 5) is 9.95. The molecular formula is C9H6Cl2F2O2. The number of Topliss-reactive ketones (excluding diaryl/α,β-unsaturated/α-hetero) is 1. The summed E-state index contributed by atoms with van der Waals surface area (Å²) in [6.07, 6.45) is 0. The van der Waals surface area contributed by atoms with Gasteiger partial charge in [0.15, 0.2) is 22.2 Å². The number of ketones is 1. The van der Waals surface area contributed by atoms with Crippen molar-refractivity contribution in [2.24, 2.45) is 0 Å². The Labute approximate surface area is 94.7 Å². The smallest absolute Gasteiger partial charge is 0.200 e. The zero-order chi connectivity index (χ0) is 11.6. The molecule has 0 aliphatic carbocycles. The summed E-state index contributed by atoms with van der Waals surface area (Å²) in [5.74, 6) is -3.43. The highest BCUT2D eigenvalue weighted by Crippen LogP contribution is 2.23. The van der Waals surface area contributed by atoms with Gasteiger partial charge in [-0.1, -0.05) is 23.2 Å². The third-order valence-electron chi connectivity index (χ3n) is 1.70. The highest BCUT2D eigenvalue weighted by Gasteiger charge is 2.19. The number of alkyl halides is 2. The molecule has 0 saturated heterocycles. The largest absolute Gasteiger partial charge is 0.494 e. The number of rotatable bonds is 3.